The predicted octanol–water partition coefficient (Wildman–Crippen LogP) is 0.398. The van der Waals surface area contributed by atoms with E-state index in [-0.39, 0.29) is 29.7 Å². The van der Waals surface area contributed by atoms with Crippen LogP contribution in [0, 0.1) is 11.8 Å². The van der Waals surface area contributed by atoms with Crippen molar-refractivity contribution in [3.63, 3.8) is 0 Å². The van der Waals surface area contributed by atoms with Crippen LogP contribution in [0.3, 0.4) is 0 Å². The minimum Gasteiger partial charge on any atom is -0.453 e. The van der Waals surface area contributed by atoms with Crippen molar-refractivity contribution >= 4 is 17.9 Å². The molecule has 0 aromatic carbocycles. The van der Waals surface area contributed by atoms with Gasteiger partial charge in [-0.1, -0.05) is 20.3 Å². The number of hydrogen-bond acceptors (Lipinski definition) is 4. The van der Waals surface area contributed by atoms with Gasteiger partial charge in [0.2, 0.25) is 11.8 Å². The summed E-state index contributed by atoms with van der Waals surface area (Å²) >= 11 is 0. The van der Waals surface area contributed by atoms with Crippen LogP contribution in [0.5, 0.6) is 0 Å². The Balaban J connectivity index is 2.68. The predicted molar refractivity (Wildman–Crippen MR) is 77.5 cm³/mol. The molecule has 1 saturated carbocycles. The van der Waals surface area contributed by atoms with E-state index in [1.165, 1.54) is 7.11 Å². The molecule has 0 unspecified atom stereocenters. The lowest BCUT2D eigenvalue weighted by Gasteiger charge is -2.25. The Morgan fingerprint density at radius 2 is 1.86 bits per heavy atom. The number of alkyl carbamates (subject to hydrolysis) is 1. The van der Waals surface area contributed by atoms with Gasteiger partial charge in [-0.25, -0.2) is 4.79 Å². The fraction of sp³-hybridized carbons (Fsp3) is 0.786. The average molecular weight is 299 g/mol. The molecular weight excluding hydrogens is 274 g/mol. The molecule has 0 aromatic heterocycles. The Morgan fingerprint density at radius 3 is 2.38 bits per heavy atom. The summed E-state index contributed by atoms with van der Waals surface area (Å²) in [5.41, 5.74) is 0. The molecule has 0 heterocycles. The lowest BCUT2D eigenvalue weighted by molar-refractivity contribution is -0.127. The van der Waals surface area contributed by atoms with Crippen molar-refractivity contribution in [2.75, 3.05) is 14.2 Å². The molecule has 21 heavy (non-hydrogen) atoms. The number of rotatable bonds is 5. The summed E-state index contributed by atoms with van der Waals surface area (Å²) in [5, 5.41) is 8.03. The third kappa shape index (κ3) is 4.61. The number of methoxy groups -OCH3 is 1. The monoisotopic (exact) mass is 299 g/mol. The SMILES string of the molecule is CNC(=O)[C@H]1CCC[C@@H]1NC(=O)[C@@H](NC(=O)OC)C(C)C. The van der Waals surface area contributed by atoms with Gasteiger partial charge in [-0.2, -0.15) is 0 Å². The second-order valence-electron chi connectivity index (χ2n) is 5.62. The summed E-state index contributed by atoms with van der Waals surface area (Å²) in [4.78, 5) is 35.4. The molecule has 0 bridgehead atoms. The number of carbonyl (C=O) groups excluding carboxylic acids is 3. The number of amides is 3. The fourth-order valence-corrected chi connectivity index (χ4v) is 2.63. The molecule has 1 aliphatic carbocycles. The highest BCUT2D eigenvalue weighted by Crippen LogP contribution is 2.26. The number of carbonyl (C=O) groups is 3. The molecule has 0 radical (unpaired) electrons. The summed E-state index contributed by atoms with van der Waals surface area (Å²) in [6.07, 6.45) is 1.80. The molecule has 120 valence electrons. The maximum atomic E-state index is 12.3. The Hall–Kier alpha value is -1.79. The van der Waals surface area contributed by atoms with Gasteiger partial charge < -0.3 is 20.7 Å². The van der Waals surface area contributed by atoms with Crippen molar-refractivity contribution in [1.29, 1.82) is 0 Å². The number of ether oxygens (including phenoxy) is 1. The van der Waals surface area contributed by atoms with E-state index in [0.717, 1.165) is 19.3 Å². The molecule has 7 nitrogen and oxygen atoms in total. The topological polar surface area (TPSA) is 96.5 Å². The molecule has 1 fully saturated rings. The van der Waals surface area contributed by atoms with Crippen molar-refractivity contribution < 1.29 is 19.1 Å². The molecule has 0 saturated heterocycles. The standard InChI is InChI=1S/C14H25N3O4/c1-8(2)11(17-14(20)21-4)13(19)16-10-7-5-6-9(10)12(18)15-3/h8-11H,5-7H2,1-4H3,(H,15,18)(H,16,19)(H,17,20)/t9-,10-,11-/m0/s1. The van der Waals surface area contributed by atoms with Gasteiger partial charge in [0.1, 0.15) is 6.04 Å². The molecule has 3 N–H and O–H groups in total. The van der Waals surface area contributed by atoms with Crippen LogP contribution in [0.15, 0.2) is 0 Å². The normalized spacial score (nSPS) is 22.5. The first-order chi connectivity index (χ1) is 9.90. The van der Waals surface area contributed by atoms with Crippen molar-refractivity contribution in [1.82, 2.24) is 16.0 Å². The van der Waals surface area contributed by atoms with E-state index in [1.807, 2.05) is 13.8 Å². The largest absolute Gasteiger partial charge is 0.453 e. The second-order valence-corrected chi connectivity index (χ2v) is 5.62. The minimum absolute atomic E-state index is 0.0557. The molecule has 3 amide bonds. The van der Waals surface area contributed by atoms with Crippen molar-refractivity contribution in [3.05, 3.63) is 0 Å². The van der Waals surface area contributed by atoms with Crippen LogP contribution in [0.2, 0.25) is 0 Å². The van der Waals surface area contributed by atoms with Crippen LogP contribution in [0.4, 0.5) is 4.79 Å². The Labute approximate surface area is 125 Å². The molecule has 7 heteroatoms. The molecule has 3 atom stereocenters. The third-order valence-electron chi connectivity index (χ3n) is 3.83. The van der Waals surface area contributed by atoms with Gasteiger partial charge in [0.25, 0.3) is 0 Å². The van der Waals surface area contributed by atoms with E-state index in [4.69, 9.17) is 0 Å². The summed E-state index contributed by atoms with van der Waals surface area (Å²) in [7, 11) is 2.85. The maximum absolute atomic E-state index is 12.3. The Bertz CT molecular complexity index is 398. The molecule has 0 spiro atoms. The highest BCUT2D eigenvalue weighted by atomic mass is 16.5. The van der Waals surface area contributed by atoms with E-state index >= 15 is 0 Å². The van der Waals surface area contributed by atoms with E-state index in [2.05, 4.69) is 20.7 Å². The van der Waals surface area contributed by atoms with E-state index in [1.54, 1.807) is 7.05 Å². The van der Waals surface area contributed by atoms with E-state index in [0.29, 0.717) is 0 Å². The molecule has 0 aromatic rings. The maximum Gasteiger partial charge on any atom is 0.407 e. The van der Waals surface area contributed by atoms with Crippen LogP contribution in [-0.4, -0.2) is 44.1 Å². The lowest BCUT2D eigenvalue weighted by atomic mass is 10.00. The fourth-order valence-electron chi connectivity index (χ4n) is 2.63. The van der Waals surface area contributed by atoms with Crippen LogP contribution < -0.4 is 16.0 Å². The minimum atomic E-state index is -0.677. The highest BCUT2D eigenvalue weighted by Gasteiger charge is 2.35. The summed E-state index contributed by atoms with van der Waals surface area (Å²) in [6.45, 7) is 3.68. The smallest absolute Gasteiger partial charge is 0.407 e. The Morgan fingerprint density at radius 1 is 1.19 bits per heavy atom. The van der Waals surface area contributed by atoms with Gasteiger partial charge in [0, 0.05) is 13.1 Å². The van der Waals surface area contributed by atoms with E-state index < -0.39 is 12.1 Å². The first-order valence-corrected chi connectivity index (χ1v) is 7.27. The van der Waals surface area contributed by atoms with Gasteiger partial charge in [-0.3, -0.25) is 9.59 Å². The van der Waals surface area contributed by atoms with Gasteiger partial charge in [-0.15, -0.1) is 0 Å². The van der Waals surface area contributed by atoms with Crippen LogP contribution >= 0.6 is 0 Å². The quantitative estimate of drug-likeness (QED) is 0.684. The van der Waals surface area contributed by atoms with Crippen molar-refractivity contribution in [3.8, 4) is 0 Å². The lowest BCUT2D eigenvalue weighted by Crippen LogP contribution is -2.53. The Kier molecular flexibility index (Phi) is 6.45. The van der Waals surface area contributed by atoms with Gasteiger partial charge >= 0.3 is 6.09 Å². The van der Waals surface area contributed by atoms with Crippen LogP contribution in [0.25, 0.3) is 0 Å². The zero-order chi connectivity index (χ0) is 16.0. The zero-order valence-electron chi connectivity index (χ0n) is 13.1. The third-order valence-corrected chi connectivity index (χ3v) is 3.83. The summed E-state index contributed by atoms with van der Waals surface area (Å²) in [6, 6.07) is -0.860. The molecule has 0 aliphatic heterocycles. The van der Waals surface area contributed by atoms with Crippen LogP contribution in [0.1, 0.15) is 33.1 Å². The molecular formula is C14H25N3O4. The van der Waals surface area contributed by atoms with Gasteiger partial charge in [-0.05, 0) is 18.8 Å². The zero-order valence-corrected chi connectivity index (χ0v) is 13.1. The number of hydrogen-bond donors (Lipinski definition) is 3. The first kappa shape index (κ1) is 17.3. The highest BCUT2D eigenvalue weighted by molar-refractivity contribution is 5.87. The van der Waals surface area contributed by atoms with Crippen LogP contribution in [-0.2, 0) is 14.3 Å². The summed E-state index contributed by atoms with van der Waals surface area (Å²) in [5.74, 6) is -0.620. The molecule has 1 rings (SSSR count). The number of nitrogens with one attached hydrogen (secondary N) is 3. The van der Waals surface area contributed by atoms with Crippen molar-refractivity contribution in [2.24, 2.45) is 11.8 Å². The molecule has 1 aliphatic rings. The summed E-state index contributed by atoms with van der Waals surface area (Å²) < 4.78 is 4.53. The second kappa shape index (κ2) is 7.85. The first-order valence-electron chi connectivity index (χ1n) is 7.27. The van der Waals surface area contributed by atoms with Crippen molar-refractivity contribution in [2.45, 2.75) is 45.2 Å². The van der Waals surface area contributed by atoms with Gasteiger partial charge in [0.05, 0.1) is 13.0 Å². The average Bonchev–Trinajstić information content (AvgIpc) is 2.90. The van der Waals surface area contributed by atoms with Gasteiger partial charge in [0.15, 0.2) is 0 Å². The van der Waals surface area contributed by atoms with E-state index in [9.17, 15) is 14.4 Å².